The number of hydrogen-bond acceptors (Lipinski definition) is 3. The van der Waals surface area contributed by atoms with E-state index in [1.165, 1.54) is 6.20 Å². The number of aryl methyl sites for hydroxylation is 1. The summed E-state index contributed by atoms with van der Waals surface area (Å²) >= 11 is 3.13. The number of rotatable bonds is 1. The Labute approximate surface area is 91.6 Å². The van der Waals surface area contributed by atoms with Crippen molar-refractivity contribution in [2.75, 3.05) is 0 Å². The third-order valence-electron chi connectivity index (χ3n) is 2.07. The van der Waals surface area contributed by atoms with Gasteiger partial charge in [0.1, 0.15) is 5.69 Å². The second kappa shape index (κ2) is 3.01. The normalized spacial score (nSPS) is 17.9. The molecule has 3 nitrogen and oxygen atoms in total. The van der Waals surface area contributed by atoms with E-state index in [4.69, 9.17) is 0 Å². The molecule has 0 saturated heterocycles. The van der Waals surface area contributed by atoms with Gasteiger partial charge in [-0.2, -0.15) is 13.2 Å². The molecule has 0 fully saturated rings. The molecule has 0 radical (unpaired) electrons. The van der Waals surface area contributed by atoms with Crippen LogP contribution >= 0.6 is 15.9 Å². The molecule has 0 bridgehead atoms. The van der Waals surface area contributed by atoms with Gasteiger partial charge in [-0.15, -0.1) is 10.2 Å². The average Bonchev–Trinajstić information content (AvgIpc) is 2.83. The fraction of sp³-hybridized carbons (Fsp3) is 0.375. The molecule has 0 amide bonds. The van der Waals surface area contributed by atoms with E-state index in [0.29, 0.717) is 10.0 Å². The van der Waals surface area contributed by atoms with E-state index in [2.05, 4.69) is 31.1 Å². The molecule has 1 aromatic heterocycles. The molecule has 1 aliphatic heterocycles. The summed E-state index contributed by atoms with van der Waals surface area (Å²) < 4.78 is 38.5. The van der Waals surface area contributed by atoms with E-state index in [1.54, 1.807) is 13.0 Å². The first-order valence-corrected chi connectivity index (χ1v) is 4.79. The van der Waals surface area contributed by atoms with Gasteiger partial charge in [-0.25, -0.2) is 0 Å². The lowest BCUT2D eigenvalue weighted by atomic mass is 10.0. The van der Waals surface area contributed by atoms with Gasteiger partial charge in [-0.05, 0) is 34.5 Å². The van der Waals surface area contributed by atoms with E-state index >= 15 is 0 Å². The Bertz CT molecular complexity index is 435. The lowest BCUT2D eigenvalue weighted by Gasteiger charge is -2.15. The molecule has 7 heteroatoms. The maximum Gasteiger partial charge on any atom is 0.443 e. The highest BCUT2D eigenvalue weighted by Crippen LogP contribution is 2.52. The van der Waals surface area contributed by atoms with Gasteiger partial charge in [0.2, 0.25) is 0 Å². The number of hydrogen-bond donors (Lipinski definition) is 0. The lowest BCUT2D eigenvalue weighted by Crippen LogP contribution is -2.31. The zero-order valence-corrected chi connectivity index (χ0v) is 9.09. The van der Waals surface area contributed by atoms with Gasteiger partial charge < -0.3 is 0 Å². The van der Waals surface area contributed by atoms with Gasteiger partial charge in [-0.3, -0.25) is 4.98 Å². The van der Waals surface area contributed by atoms with E-state index in [-0.39, 0.29) is 5.69 Å². The fourth-order valence-corrected chi connectivity index (χ4v) is 1.74. The van der Waals surface area contributed by atoms with Gasteiger partial charge in [0.15, 0.2) is 0 Å². The Morgan fingerprint density at radius 2 is 1.93 bits per heavy atom. The first kappa shape index (κ1) is 10.5. The quantitative estimate of drug-likeness (QED) is 0.777. The van der Waals surface area contributed by atoms with Crippen LogP contribution in [0, 0.1) is 6.92 Å². The van der Waals surface area contributed by atoms with Crippen molar-refractivity contribution in [1.82, 2.24) is 4.98 Å². The van der Waals surface area contributed by atoms with E-state index in [0.717, 1.165) is 0 Å². The monoisotopic (exact) mass is 279 g/mol. The molecule has 2 rings (SSSR count). The third-order valence-corrected chi connectivity index (χ3v) is 2.50. The highest BCUT2D eigenvalue weighted by Gasteiger charge is 2.66. The lowest BCUT2D eigenvalue weighted by molar-refractivity contribution is -0.167. The van der Waals surface area contributed by atoms with Crippen LogP contribution in [0.2, 0.25) is 0 Å². The van der Waals surface area contributed by atoms with Crippen LogP contribution in [0.1, 0.15) is 11.3 Å². The number of halogens is 4. The molecule has 0 saturated carbocycles. The van der Waals surface area contributed by atoms with Gasteiger partial charge in [-0.1, -0.05) is 0 Å². The maximum absolute atomic E-state index is 12.6. The van der Waals surface area contributed by atoms with Crippen molar-refractivity contribution in [2.45, 2.75) is 18.8 Å². The predicted molar refractivity (Wildman–Crippen MR) is 49.3 cm³/mol. The second-order valence-corrected chi connectivity index (χ2v) is 4.10. The summed E-state index contributed by atoms with van der Waals surface area (Å²) in [6, 6.07) is 1.55. The Morgan fingerprint density at radius 1 is 1.33 bits per heavy atom. The molecule has 0 atom stereocenters. The topological polar surface area (TPSA) is 37.6 Å². The average molecular weight is 280 g/mol. The van der Waals surface area contributed by atoms with Gasteiger partial charge >= 0.3 is 11.8 Å². The molecule has 2 heterocycles. The van der Waals surface area contributed by atoms with Crippen molar-refractivity contribution in [3.8, 4) is 0 Å². The Hall–Kier alpha value is -0.980. The van der Waals surface area contributed by atoms with Crippen LogP contribution in [-0.2, 0) is 5.66 Å². The first-order valence-electron chi connectivity index (χ1n) is 4.00. The summed E-state index contributed by atoms with van der Waals surface area (Å²) in [6.45, 7) is 1.55. The molecular weight excluding hydrogens is 275 g/mol. The Kier molecular flexibility index (Phi) is 2.11. The molecule has 0 spiro atoms. The minimum atomic E-state index is -4.52. The van der Waals surface area contributed by atoms with Crippen LogP contribution in [0.5, 0.6) is 0 Å². The second-order valence-electron chi connectivity index (χ2n) is 3.19. The van der Waals surface area contributed by atoms with E-state index in [1.807, 2.05) is 0 Å². The van der Waals surface area contributed by atoms with Crippen molar-refractivity contribution >= 4 is 15.9 Å². The molecule has 1 aromatic rings. The highest BCUT2D eigenvalue weighted by atomic mass is 79.9. The van der Waals surface area contributed by atoms with Crippen molar-refractivity contribution in [3.63, 3.8) is 0 Å². The minimum absolute atomic E-state index is 0.154. The third kappa shape index (κ3) is 1.54. The van der Waals surface area contributed by atoms with Crippen LogP contribution in [0.25, 0.3) is 0 Å². The summed E-state index contributed by atoms with van der Waals surface area (Å²) in [5, 5.41) is 6.18. The standard InChI is InChI=1S/C8H5BrF3N3/c1-4-2-5(9)3-13-6(4)7(14-15-7)8(10,11)12/h2-3H,1H3. The number of aromatic nitrogens is 1. The molecule has 15 heavy (non-hydrogen) atoms. The van der Waals surface area contributed by atoms with E-state index < -0.39 is 11.8 Å². The minimum Gasteiger partial charge on any atom is -0.255 e. The van der Waals surface area contributed by atoms with Gasteiger partial charge in [0.05, 0.1) is 0 Å². The summed E-state index contributed by atoms with van der Waals surface area (Å²) in [4.78, 5) is 3.72. The number of nitrogens with zero attached hydrogens (tertiary/aromatic N) is 3. The van der Waals surface area contributed by atoms with Crippen LogP contribution in [-0.4, -0.2) is 11.2 Å². The molecule has 0 aliphatic carbocycles. The molecule has 1 aliphatic rings. The molecule has 0 aromatic carbocycles. The zero-order chi connectivity index (χ0) is 11.3. The van der Waals surface area contributed by atoms with Crippen molar-refractivity contribution in [3.05, 3.63) is 28.0 Å². The van der Waals surface area contributed by atoms with Crippen LogP contribution in [0.4, 0.5) is 13.2 Å². The molecule has 0 unspecified atom stereocenters. The summed E-state index contributed by atoms with van der Waals surface area (Å²) in [5.41, 5.74) is -2.16. The zero-order valence-electron chi connectivity index (χ0n) is 7.51. The summed E-state index contributed by atoms with van der Waals surface area (Å²) in [7, 11) is 0. The molecule has 80 valence electrons. The van der Waals surface area contributed by atoms with Crippen LogP contribution in [0.15, 0.2) is 27.0 Å². The highest BCUT2D eigenvalue weighted by molar-refractivity contribution is 9.10. The predicted octanol–water partition coefficient (Wildman–Crippen LogP) is 3.33. The van der Waals surface area contributed by atoms with Crippen molar-refractivity contribution in [2.24, 2.45) is 10.2 Å². The number of pyridine rings is 1. The molecule has 0 N–H and O–H groups in total. The first-order chi connectivity index (χ1) is 6.87. The summed E-state index contributed by atoms with van der Waals surface area (Å²) in [6.07, 6.45) is -3.21. The van der Waals surface area contributed by atoms with Gasteiger partial charge in [0, 0.05) is 10.7 Å². The SMILES string of the molecule is Cc1cc(Br)cnc1C1(C(F)(F)F)N=N1. The maximum atomic E-state index is 12.6. The van der Waals surface area contributed by atoms with Crippen LogP contribution < -0.4 is 0 Å². The Balaban J connectivity index is 2.47. The number of alkyl halides is 3. The fourth-order valence-electron chi connectivity index (χ4n) is 1.30. The Morgan fingerprint density at radius 3 is 2.33 bits per heavy atom. The van der Waals surface area contributed by atoms with E-state index in [9.17, 15) is 13.2 Å². The summed E-state index contributed by atoms with van der Waals surface area (Å²) in [5.74, 6) is 0. The molecular formula is C8H5BrF3N3. The van der Waals surface area contributed by atoms with Gasteiger partial charge in [0.25, 0.3) is 0 Å². The van der Waals surface area contributed by atoms with Crippen molar-refractivity contribution < 1.29 is 13.2 Å². The largest absolute Gasteiger partial charge is 0.443 e. The van der Waals surface area contributed by atoms with Crippen LogP contribution in [0.3, 0.4) is 0 Å². The van der Waals surface area contributed by atoms with Crippen molar-refractivity contribution in [1.29, 1.82) is 0 Å². The smallest absolute Gasteiger partial charge is 0.255 e.